The van der Waals surface area contributed by atoms with Crippen LogP contribution >= 0.6 is 21.6 Å². The Morgan fingerprint density at radius 1 is 1.07 bits per heavy atom. The van der Waals surface area contributed by atoms with Crippen molar-refractivity contribution in [1.82, 2.24) is 14.5 Å². The summed E-state index contributed by atoms with van der Waals surface area (Å²) < 4.78 is 18.3. The first-order valence-corrected chi connectivity index (χ1v) is 14.8. The minimum Gasteiger partial charge on any atom is -0.454 e. The maximum atomic E-state index is 13.6. The first-order chi connectivity index (χ1) is 19.4. The molecular weight excluding hydrogens is 550 g/mol. The average Bonchev–Trinajstić information content (AvgIpc) is 3.44. The van der Waals surface area contributed by atoms with Gasteiger partial charge in [0.25, 0.3) is 5.56 Å². The Labute approximate surface area is 237 Å². The van der Waals surface area contributed by atoms with E-state index < -0.39 is 6.09 Å². The van der Waals surface area contributed by atoms with Crippen LogP contribution < -0.4 is 19.8 Å². The predicted molar refractivity (Wildman–Crippen MR) is 157 cm³/mol. The molecule has 9 nitrogen and oxygen atoms in total. The van der Waals surface area contributed by atoms with Crippen molar-refractivity contribution in [1.29, 1.82) is 0 Å². The largest absolute Gasteiger partial charge is 0.454 e. The van der Waals surface area contributed by atoms with Gasteiger partial charge < -0.3 is 28.8 Å². The van der Waals surface area contributed by atoms with Crippen LogP contribution in [0.5, 0.6) is 17.2 Å². The van der Waals surface area contributed by atoms with Crippen molar-refractivity contribution < 1.29 is 24.1 Å². The third kappa shape index (κ3) is 4.80. The Morgan fingerprint density at radius 2 is 1.90 bits per heavy atom. The fraction of sp³-hybridized carbons (Fsp3) is 0.207. The summed E-state index contributed by atoms with van der Waals surface area (Å²) in [5, 5.41) is 14.7. The maximum absolute atomic E-state index is 13.6. The number of aromatic nitrogens is 2. The molecule has 0 radical (unpaired) electrons. The van der Waals surface area contributed by atoms with E-state index in [1.54, 1.807) is 47.8 Å². The van der Waals surface area contributed by atoms with Crippen LogP contribution in [0.2, 0.25) is 0 Å². The number of hydrogen-bond acceptors (Lipinski definition) is 9. The van der Waals surface area contributed by atoms with Gasteiger partial charge >= 0.3 is 6.09 Å². The highest BCUT2D eigenvalue weighted by Gasteiger charge is 2.20. The average molecular weight is 576 g/mol. The molecule has 1 amide bonds. The van der Waals surface area contributed by atoms with Crippen molar-refractivity contribution in [3.63, 3.8) is 0 Å². The smallest absolute Gasteiger partial charge is 0.415 e. The molecule has 1 aliphatic rings. The second-order valence-electron chi connectivity index (χ2n) is 9.28. The van der Waals surface area contributed by atoms with E-state index >= 15 is 0 Å². The summed E-state index contributed by atoms with van der Waals surface area (Å²) in [5.74, 6) is 2.12. The van der Waals surface area contributed by atoms with E-state index in [1.807, 2.05) is 42.5 Å². The first kappa shape index (κ1) is 26.3. The molecule has 0 bridgehead atoms. The Hall–Kier alpha value is -3.93. The van der Waals surface area contributed by atoms with Gasteiger partial charge in [-0.15, -0.1) is 0 Å². The quantitative estimate of drug-likeness (QED) is 0.157. The highest BCUT2D eigenvalue weighted by Crippen LogP contribution is 2.40. The number of nitrogens with zero attached hydrogens (tertiary/aromatic N) is 3. The molecule has 6 rings (SSSR count). The standard InChI is InChI=1S/C29H25N3O6S2/c1-31(9-10-39-40-26-5-3-4-8-30-26)29(35)38-23-14-22-21(11-18(23)15-33)19-7-6-17-12-24-25(37-16-36-24)13-20(17)27(19)32(2)28(22)34/h3-8,11-14,33H,9-10,15-16H2,1-2H3. The molecule has 0 aliphatic carbocycles. The normalized spacial score (nSPS) is 12.4. The monoisotopic (exact) mass is 575 g/mol. The topological polar surface area (TPSA) is 103 Å². The van der Waals surface area contributed by atoms with E-state index in [1.165, 1.54) is 15.7 Å². The molecule has 0 fully saturated rings. The van der Waals surface area contributed by atoms with Crippen LogP contribution in [-0.2, 0) is 13.7 Å². The van der Waals surface area contributed by atoms with E-state index in [0.717, 1.165) is 26.7 Å². The number of benzene rings is 3. The molecule has 2 aromatic heterocycles. The van der Waals surface area contributed by atoms with Gasteiger partial charge in [-0.05, 0) is 58.0 Å². The Bertz CT molecular complexity index is 1830. The van der Waals surface area contributed by atoms with Crippen molar-refractivity contribution in [3.05, 3.63) is 76.7 Å². The fourth-order valence-electron chi connectivity index (χ4n) is 4.74. The zero-order valence-electron chi connectivity index (χ0n) is 21.7. The first-order valence-electron chi connectivity index (χ1n) is 12.5. The van der Waals surface area contributed by atoms with Gasteiger partial charge in [0.2, 0.25) is 6.79 Å². The van der Waals surface area contributed by atoms with Gasteiger partial charge in [-0.3, -0.25) is 4.79 Å². The lowest BCUT2D eigenvalue weighted by Crippen LogP contribution is -2.31. The van der Waals surface area contributed by atoms with Crippen LogP contribution in [0.25, 0.3) is 32.4 Å². The SMILES string of the molecule is CN(CCSSc1ccccn1)C(=O)Oc1cc2c(=O)n(C)c3c4cc5c(cc4ccc3c2cc1CO)OCO5. The number of hydrogen-bond donors (Lipinski definition) is 1. The summed E-state index contributed by atoms with van der Waals surface area (Å²) in [6.45, 7) is 0.246. The van der Waals surface area contributed by atoms with Gasteiger partial charge in [-0.2, -0.15) is 0 Å². The van der Waals surface area contributed by atoms with Crippen LogP contribution in [0, 0.1) is 0 Å². The number of carbonyl (C=O) groups excluding carboxylic acids is 1. The summed E-state index contributed by atoms with van der Waals surface area (Å²) in [7, 11) is 6.49. The third-order valence-electron chi connectivity index (χ3n) is 6.82. The number of fused-ring (bicyclic) bond motifs is 6. The highest BCUT2D eigenvalue weighted by atomic mass is 33.1. The number of aliphatic hydroxyl groups is 1. The van der Waals surface area contributed by atoms with Crippen molar-refractivity contribution in [2.24, 2.45) is 7.05 Å². The zero-order chi connectivity index (χ0) is 27.8. The van der Waals surface area contributed by atoms with Crippen LogP contribution in [0.4, 0.5) is 4.79 Å². The van der Waals surface area contributed by atoms with Gasteiger partial charge in [-0.1, -0.05) is 29.0 Å². The van der Waals surface area contributed by atoms with Crippen LogP contribution in [0.15, 0.2) is 70.6 Å². The van der Waals surface area contributed by atoms with Crippen molar-refractivity contribution >= 4 is 60.1 Å². The molecule has 40 heavy (non-hydrogen) atoms. The van der Waals surface area contributed by atoms with E-state index in [2.05, 4.69) is 4.98 Å². The molecule has 1 N–H and O–H groups in total. The number of amides is 1. The molecule has 11 heteroatoms. The van der Waals surface area contributed by atoms with E-state index in [0.29, 0.717) is 40.1 Å². The number of aliphatic hydroxyl groups excluding tert-OH is 1. The molecule has 5 aromatic rings. The van der Waals surface area contributed by atoms with Gasteiger partial charge in [0.05, 0.1) is 17.5 Å². The predicted octanol–water partition coefficient (Wildman–Crippen LogP) is 5.33. The van der Waals surface area contributed by atoms with Crippen molar-refractivity contribution in [2.75, 3.05) is 26.1 Å². The van der Waals surface area contributed by atoms with Gasteiger partial charge in [0.15, 0.2) is 11.5 Å². The molecule has 0 unspecified atom stereocenters. The van der Waals surface area contributed by atoms with E-state index in [-0.39, 0.29) is 24.7 Å². The Balaban J connectivity index is 1.30. The summed E-state index contributed by atoms with van der Waals surface area (Å²) in [5.41, 5.74) is 0.906. The second kappa shape index (κ2) is 10.9. The van der Waals surface area contributed by atoms with Crippen molar-refractivity contribution in [3.8, 4) is 17.2 Å². The van der Waals surface area contributed by atoms with Crippen LogP contribution in [-0.4, -0.2) is 51.8 Å². The van der Waals surface area contributed by atoms with E-state index in [4.69, 9.17) is 14.2 Å². The molecule has 0 spiro atoms. The second-order valence-corrected chi connectivity index (χ2v) is 11.7. The zero-order valence-corrected chi connectivity index (χ0v) is 23.4. The lowest BCUT2D eigenvalue weighted by atomic mass is 9.99. The number of rotatable bonds is 7. The molecule has 0 saturated heterocycles. The van der Waals surface area contributed by atoms with Crippen LogP contribution in [0.1, 0.15) is 5.56 Å². The van der Waals surface area contributed by atoms with Crippen molar-refractivity contribution in [2.45, 2.75) is 11.6 Å². The summed E-state index contributed by atoms with van der Waals surface area (Å²) in [6, 6.07) is 16.7. The molecular formula is C29H25N3O6S2. The Morgan fingerprint density at radius 3 is 2.67 bits per heavy atom. The Kier molecular flexibility index (Phi) is 7.18. The fourth-order valence-corrected chi connectivity index (χ4v) is 6.66. The molecule has 1 aliphatic heterocycles. The third-order valence-corrected chi connectivity index (χ3v) is 9.06. The van der Waals surface area contributed by atoms with Gasteiger partial charge in [-0.25, -0.2) is 9.78 Å². The minimum absolute atomic E-state index is 0.156. The van der Waals surface area contributed by atoms with Gasteiger partial charge in [0, 0.05) is 48.9 Å². The maximum Gasteiger partial charge on any atom is 0.415 e. The highest BCUT2D eigenvalue weighted by molar-refractivity contribution is 8.76. The number of carbonyl (C=O) groups is 1. The number of ether oxygens (including phenoxy) is 3. The number of pyridine rings is 2. The summed E-state index contributed by atoms with van der Waals surface area (Å²) in [6.07, 6.45) is 1.17. The number of aryl methyl sites for hydroxylation is 1. The molecule has 0 saturated carbocycles. The lowest BCUT2D eigenvalue weighted by Gasteiger charge is -2.19. The molecule has 3 heterocycles. The minimum atomic E-state index is -0.572. The van der Waals surface area contributed by atoms with Crippen LogP contribution in [0.3, 0.4) is 0 Å². The summed E-state index contributed by atoms with van der Waals surface area (Å²) in [4.78, 5) is 32.2. The lowest BCUT2D eigenvalue weighted by molar-refractivity contribution is 0.164. The summed E-state index contributed by atoms with van der Waals surface area (Å²) >= 11 is 0. The molecule has 0 atom stereocenters. The van der Waals surface area contributed by atoms with Gasteiger partial charge in [0.1, 0.15) is 10.8 Å². The molecule has 204 valence electrons. The van der Waals surface area contributed by atoms with E-state index in [9.17, 15) is 14.7 Å². The molecule has 3 aromatic carbocycles.